The van der Waals surface area contributed by atoms with Crippen molar-refractivity contribution in [2.45, 2.75) is 6.54 Å². The topological polar surface area (TPSA) is 65.1 Å². The lowest BCUT2D eigenvalue weighted by atomic mass is 10.2. The van der Waals surface area contributed by atoms with E-state index in [0.717, 1.165) is 12.1 Å². The summed E-state index contributed by atoms with van der Waals surface area (Å²) in [7, 11) is 0. The molecule has 0 spiro atoms. The number of rotatable bonds is 3. The summed E-state index contributed by atoms with van der Waals surface area (Å²) in [6, 6.07) is 4.84. The van der Waals surface area contributed by atoms with Crippen molar-refractivity contribution in [1.82, 2.24) is 4.57 Å². The van der Waals surface area contributed by atoms with Gasteiger partial charge in [-0.25, -0.2) is 0 Å². The minimum Gasteiger partial charge on any atom is -0.304 e. The van der Waals surface area contributed by atoms with Gasteiger partial charge in [-0.1, -0.05) is 6.08 Å². The van der Waals surface area contributed by atoms with Gasteiger partial charge in [0.25, 0.3) is 5.56 Å². The fourth-order valence-electron chi connectivity index (χ4n) is 1.76. The van der Waals surface area contributed by atoms with Crippen molar-refractivity contribution in [3.8, 4) is 0 Å². The number of halogens is 1. The lowest BCUT2D eigenvalue weighted by Gasteiger charge is -2.07. The van der Waals surface area contributed by atoms with Crippen LogP contribution in [0.2, 0.25) is 0 Å². The molecule has 0 atom stereocenters. The van der Waals surface area contributed by atoms with Gasteiger partial charge in [-0.2, -0.15) is 4.39 Å². The highest BCUT2D eigenvalue weighted by Gasteiger charge is 2.16. The first-order valence-corrected chi connectivity index (χ1v) is 5.13. The van der Waals surface area contributed by atoms with Gasteiger partial charge in [-0.05, 0) is 12.1 Å². The van der Waals surface area contributed by atoms with Gasteiger partial charge in [0.2, 0.25) is 5.82 Å². The van der Waals surface area contributed by atoms with Crippen LogP contribution in [0.15, 0.2) is 41.7 Å². The molecular formula is C12H9FN2O3. The molecule has 1 aromatic carbocycles. The first-order valence-electron chi connectivity index (χ1n) is 5.13. The van der Waals surface area contributed by atoms with Crippen molar-refractivity contribution in [2.24, 2.45) is 0 Å². The first kappa shape index (κ1) is 12.0. The fourth-order valence-corrected chi connectivity index (χ4v) is 1.76. The van der Waals surface area contributed by atoms with Gasteiger partial charge >= 0.3 is 5.69 Å². The fraction of sp³-hybridized carbons (Fsp3) is 0.0833. The maximum absolute atomic E-state index is 13.4. The zero-order valence-corrected chi connectivity index (χ0v) is 9.30. The van der Waals surface area contributed by atoms with E-state index in [2.05, 4.69) is 6.58 Å². The van der Waals surface area contributed by atoms with Gasteiger partial charge in [-0.3, -0.25) is 14.9 Å². The van der Waals surface area contributed by atoms with E-state index in [4.69, 9.17) is 0 Å². The SMILES string of the molecule is C=CCn1c(=O)ccc2cc(F)c([N+](=O)[O-])cc21. The van der Waals surface area contributed by atoms with E-state index in [0.29, 0.717) is 10.9 Å². The minimum atomic E-state index is -0.920. The Morgan fingerprint density at radius 3 is 2.78 bits per heavy atom. The molecule has 0 N–H and O–H groups in total. The summed E-state index contributed by atoms with van der Waals surface area (Å²) < 4.78 is 14.7. The largest absolute Gasteiger partial charge is 0.306 e. The van der Waals surface area contributed by atoms with Gasteiger partial charge in [-0.15, -0.1) is 6.58 Å². The quantitative estimate of drug-likeness (QED) is 0.475. The average Bonchev–Trinajstić information content (AvgIpc) is 2.32. The third kappa shape index (κ3) is 1.88. The standard InChI is InChI=1S/C12H9FN2O3/c1-2-5-14-10-7-11(15(17)18)9(13)6-8(10)3-4-12(14)16/h2-4,6-7H,1,5H2. The molecule has 2 rings (SSSR count). The van der Waals surface area contributed by atoms with Gasteiger partial charge in [0, 0.05) is 24.1 Å². The molecule has 0 saturated carbocycles. The van der Waals surface area contributed by atoms with E-state index >= 15 is 0 Å². The minimum absolute atomic E-state index is 0.207. The van der Waals surface area contributed by atoms with E-state index in [-0.39, 0.29) is 12.1 Å². The van der Waals surface area contributed by atoms with Gasteiger partial charge in [0.05, 0.1) is 10.4 Å². The number of nitro groups is 1. The second-order valence-electron chi connectivity index (χ2n) is 3.69. The summed E-state index contributed by atoms with van der Waals surface area (Å²) in [6.07, 6.45) is 1.50. The molecular weight excluding hydrogens is 239 g/mol. The number of benzene rings is 1. The Balaban J connectivity index is 2.86. The monoisotopic (exact) mass is 248 g/mol. The van der Waals surface area contributed by atoms with Gasteiger partial charge in [0.1, 0.15) is 0 Å². The molecule has 1 heterocycles. The molecule has 0 fully saturated rings. The van der Waals surface area contributed by atoms with Crippen molar-refractivity contribution in [3.05, 3.63) is 63.2 Å². The third-order valence-corrected chi connectivity index (χ3v) is 2.57. The molecule has 0 bridgehead atoms. The number of nitrogens with zero attached hydrogens (tertiary/aromatic N) is 2. The average molecular weight is 248 g/mol. The zero-order valence-electron chi connectivity index (χ0n) is 9.30. The number of pyridine rings is 1. The smallest absolute Gasteiger partial charge is 0.304 e. The summed E-state index contributed by atoms with van der Waals surface area (Å²) >= 11 is 0. The Morgan fingerprint density at radius 2 is 2.17 bits per heavy atom. The summed E-state index contributed by atoms with van der Waals surface area (Å²) in [4.78, 5) is 21.5. The van der Waals surface area contributed by atoms with E-state index in [9.17, 15) is 19.3 Å². The molecule has 2 aromatic rings. The van der Waals surface area contributed by atoms with Crippen LogP contribution in [-0.4, -0.2) is 9.49 Å². The Labute approximate surface area is 101 Å². The highest BCUT2D eigenvalue weighted by molar-refractivity contribution is 5.81. The van der Waals surface area contributed by atoms with E-state index in [1.807, 2.05) is 0 Å². The molecule has 0 aliphatic carbocycles. The highest BCUT2D eigenvalue weighted by Crippen LogP contribution is 2.23. The third-order valence-electron chi connectivity index (χ3n) is 2.57. The van der Waals surface area contributed by atoms with Crippen LogP contribution >= 0.6 is 0 Å². The molecule has 0 aliphatic rings. The van der Waals surface area contributed by atoms with Crippen molar-refractivity contribution in [1.29, 1.82) is 0 Å². The molecule has 0 unspecified atom stereocenters. The Bertz CT molecular complexity index is 706. The molecule has 0 amide bonds. The normalized spacial score (nSPS) is 10.5. The van der Waals surface area contributed by atoms with Crippen LogP contribution < -0.4 is 5.56 Å². The second kappa shape index (κ2) is 4.40. The second-order valence-corrected chi connectivity index (χ2v) is 3.69. The Morgan fingerprint density at radius 1 is 1.44 bits per heavy atom. The summed E-state index contributed by atoms with van der Waals surface area (Å²) in [5.41, 5.74) is -0.648. The van der Waals surface area contributed by atoms with Gasteiger partial charge in [0.15, 0.2) is 0 Å². The van der Waals surface area contributed by atoms with Crippen molar-refractivity contribution < 1.29 is 9.31 Å². The molecule has 6 heteroatoms. The van der Waals surface area contributed by atoms with Crippen molar-refractivity contribution in [3.63, 3.8) is 0 Å². The number of nitro benzene ring substituents is 1. The maximum atomic E-state index is 13.4. The van der Waals surface area contributed by atoms with Crippen LogP contribution in [0.1, 0.15) is 0 Å². The molecule has 1 aromatic heterocycles. The van der Waals surface area contributed by atoms with Crippen LogP contribution in [-0.2, 0) is 6.54 Å². The number of hydrogen-bond donors (Lipinski definition) is 0. The number of allylic oxidation sites excluding steroid dienone is 1. The molecule has 0 saturated heterocycles. The Kier molecular flexibility index (Phi) is 2.93. The van der Waals surface area contributed by atoms with Crippen LogP contribution in [0.5, 0.6) is 0 Å². The van der Waals surface area contributed by atoms with Crippen molar-refractivity contribution in [2.75, 3.05) is 0 Å². The lowest BCUT2D eigenvalue weighted by Crippen LogP contribution is -2.18. The van der Waals surface area contributed by atoms with E-state index < -0.39 is 16.4 Å². The number of fused-ring (bicyclic) bond motifs is 1. The summed E-state index contributed by atoms with van der Waals surface area (Å²) in [5, 5.41) is 11.1. The molecule has 0 radical (unpaired) electrons. The lowest BCUT2D eigenvalue weighted by molar-refractivity contribution is -0.387. The zero-order chi connectivity index (χ0) is 13.3. The Hall–Kier alpha value is -2.50. The van der Waals surface area contributed by atoms with Crippen LogP contribution in [0.4, 0.5) is 10.1 Å². The predicted octanol–water partition coefficient (Wildman–Crippen LogP) is 2.23. The summed E-state index contributed by atoms with van der Waals surface area (Å²) in [5.74, 6) is -0.920. The van der Waals surface area contributed by atoms with Gasteiger partial charge < -0.3 is 4.57 Å². The maximum Gasteiger partial charge on any atom is 0.306 e. The summed E-state index contributed by atoms with van der Waals surface area (Å²) in [6.45, 7) is 3.72. The van der Waals surface area contributed by atoms with E-state index in [1.165, 1.54) is 22.8 Å². The van der Waals surface area contributed by atoms with E-state index in [1.54, 1.807) is 0 Å². The van der Waals surface area contributed by atoms with Crippen LogP contribution in [0.25, 0.3) is 10.9 Å². The predicted molar refractivity (Wildman–Crippen MR) is 65.0 cm³/mol. The highest BCUT2D eigenvalue weighted by atomic mass is 19.1. The number of aromatic nitrogens is 1. The van der Waals surface area contributed by atoms with Crippen molar-refractivity contribution >= 4 is 16.6 Å². The molecule has 92 valence electrons. The van der Waals surface area contributed by atoms with Crippen LogP contribution in [0, 0.1) is 15.9 Å². The molecule has 5 nitrogen and oxygen atoms in total. The number of hydrogen-bond acceptors (Lipinski definition) is 3. The molecule has 18 heavy (non-hydrogen) atoms. The van der Waals surface area contributed by atoms with Crippen LogP contribution in [0.3, 0.4) is 0 Å². The molecule has 0 aliphatic heterocycles. The first-order chi connectivity index (χ1) is 8.54.